The molecule has 2 aromatic heterocycles. The van der Waals surface area contributed by atoms with Crippen molar-refractivity contribution in [3.8, 4) is 0 Å². The first-order valence-corrected chi connectivity index (χ1v) is 4.78. The molecule has 2 aromatic rings. The summed E-state index contributed by atoms with van der Waals surface area (Å²) in [6.07, 6.45) is 3.71. The Hall–Kier alpha value is -1.44. The summed E-state index contributed by atoms with van der Waals surface area (Å²) in [4.78, 5) is 8.75. The largest absolute Gasteiger partial charge is 0.260 e. The Morgan fingerprint density at radius 1 is 1.14 bits per heavy atom. The molecule has 0 aliphatic carbocycles. The lowest BCUT2D eigenvalue weighted by Crippen LogP contribution is -2.13. The van der Waals surface area contributed by atoms with Gasteiger partial charge in [-0.1, -0.05) is 20.8 Å². The summed E-state index contributed by atoms with van der Waals surface area (Å²) in [5.41, 5.74) is 2.20. The summed E-state index contributed by atoms with van der Waals surface area (Å²) in [6, 6.07) is 6.03. The van der Waals surface area contributed by atoms with Crippen molar-refractivity contribution in [3.63, 3.8) is 0 Å². The summed E-state index contributed by atoms with van der Waals surface area (Å²) in [7, 11) is 0. The normalized spacial score (nSPS) is 11.9. The first kappa shape index (κ1) is 9.13. The third kappa shape index (κ3) is 1.60. The number of rotatable bonds is 0. The third-order valence-corrected chi connectivity index (χ3v) is 2.26. The highest BCUT2D eigenvalue weighted by molar-refractivity contribution is 5.77. The second-order valence-electron chi connectivity index (χ2n) is 4.52. The van der Waals surface area contributed by atoms with Crippen molar-refractivity contribution in [3.05, 3.63) is 36.3 Å². The van der Waals surface area contributed by atoms with E-state index < -0.39 is 0 Å². The topological polar surface area (TPSA) is 25.8 Å². The summed E-state index contributed by atoms with van der Waals surface area (Å²) in [5, 5.41) is 1.10. The minimum absolute atomic E-state index is 0.0890. The van der Waals surface area contributed by atoms with Crippen LogP contribution in [-0.4, -0.2) is 9.97 Å². The van der Waals surface area contributed by atoms with Gasteiger partial charge >= 0.3 is 0 Å². The average molecular weight is 186 g/mol. The van der Waals surface area contributed by atoms with Gasteiger partial charge < -0.3 is 0 Å². The molecular formula is C12H14N2. The molecule has 0 N–H and O–H groups in total. The van der Waals surface area contributed by atoms with Gasteiger partial charge in [0, 0.05) is 28.9 Å². The smallest absolute Gasteiger partial charge is 0.0735 e. The van der Waals surface area contributed by atoms with Gasteiger partial charge in [-0.2, -0.15) is 0 Å². The second kappa shape index (κ2) is 3.05. The molecule has 2 rings (SSSR count). The highest BCUT2D eigenvalue weighted by Gasteiger charge is 2.15. The van der Waals surface area contributed by atoms with Gasteiger partial charge in [0.2, 0.25) is 0 Å². The van der Waals surface area contributed by atoms with E-state index in [2.05, 4.69) is 36.8 Å². The van der Waals surface area contributed by atoms with Gasteiger partial charge in [-0.15, -0.1) is 0 Å². The maximum Gasteiger partial charge on any atom is 0.0735 e. The summed E-state index contributed by atoms with van der Waals surface area (Å²) >= 11 is 0. The SMILES string of the molecule is CC(C)(C)c1cc2ncccc2cn1. The highest BCUT2D eigenvalue weighted by atomic mass is 14.7. The molecule has 2 heteroatoms. The van der Waals surface area contributed by atoms with Crippen LogP contribution in [0.3, 0.4) is 0 Å². The Bertz CT molecular complexity index is 455. The second-order valence-corrected chi connectivity index (χ2v) is 4.52. The van der Waals surface area contributed by atoms with Crippen LogP contribution in [0.1, 0.15) is 26.5 Å². The summed E-state index contributed by atoms with van der Waals surface area (Å²) in [5.74, 6) is 0. The van der Waals surface area contributed by atoms with Crippen molar-refractivity contribution in [1.82, 2.24) is 9.97 Å². The fraction of sp³-hybridized carbons (Fsp3) is 0.333. The molecule has 0 bridgehead atoms. The minimum atomic E-state index is 0.0890. The number of fused-ring (bicyclic) bond motifs is 1. The van der Waals surface area contributed by atoms with Crippen LogP contribution in [0.25, 0.3) is 10.9 Å². The molecule has 0 saturated heterocycles. The monoisotopic (exact) mass is 186 g/mol. The molecule has 0 spiro atoms. The van der Waals surface area contributed by atoms with Gasteiger partial charge in [-0.3, -0.25) is 9.97 Å². The van der Waals surface area contributed by atoms with Crippen LogP contribution < -0.4 is 0 Å². The van der Waals surface area contributed by atoms with Crippen LogP contribution in [-0.2, 0) is 5.41 Å². The summed E-state index contributed by atoms with van der Waals surface area (Å²) in [6.45, 7) is 6.47. The standard InChI is InChI=1S/C12H14N2/c1-12(2,3)11-7-10-9(8-14-11)5-4-6-13-10/h4-8H,1-3H3. The van der Waals surface area contributed by atoms with E-state index in [0.717, 1.165) is 16.6 Å². The molecule has 0 aromatic carbocycles. The van der Waals surface area contributed by atoms with E-state index in [0.29, 0.717) is 0 Å². The zero-order chi connectivity index (χ0) is 10.2. The molecule has 2 nitrogen and oxygen atoms in total. The molecular weight excluding hydrogens is 172 g/mol. The van der Waals surface area contributed by atoms with Gasteiger partial charge in [0.05, 0.1) is 5.52 Å². The molecule has 0 radical (unpaired) electrons. The van der Waals surface area contributed by atoms with Crippen molar-refractivity contribution >= 4 is 10.9 Å². The van der Waals surface area contributed by atoms with Crippen LogP contribution in [0.4, 0.5) is 0 Å². The van der Waals surface area contributed by atoms with Crippen LogP contribution in [0.5, 0.6) is 0 Å². The Kier molecular flexibility index (Phi) is 1.99. The van der Waals surface area contributed by atoms with Crippen molar-refractivity contribution in [1.29, 1.82) is 0 Å². The van der Waals surface area contributed by atoms with E-state index in [9.17, 15) is 0 Å². The zero-order valence-electron chi connectivity index (χ0n) is 8.78. The number of pyridine rings is 2. The summed E-state index contributed by atoms with van der Waals surface area (Å²) < 4.78 is 0. The lowest BCUT2D eigenvalue weighted by atomic mass is 9.91. The Labute approximate surface area is 84.0 Å². The van der Waals surface area contributed by atoms with Gasteiger partial charge in [0.15, 0.2) is 0 Å². The predicted octanol–water partition coefficient (Wildman–Crippen LogP) is 2.93. The van der Waals surface area contributed by atoms with E-state index >= 15 is 0 Å². The molecule has 0 fully saturated rings. The number of hydrogen-bond donors (Lipinski definition) is 0. The quantitative estimate of drug-likeness (QED) is 0.632. The third-order valence-electron chi connectivity index (χ3n) is 2.26. The molecule has 2 heterocycles. The predicted molar refractivity (Wildman–Crippen MR) is 58.2 cm³/mol. The van der Waals surface area contributed by atoms with Crippen LogP contribution in [0.15, 0.2) is 30.6 Å². The number of aromatic nitrogens is 2. The number of hydrogen-bond acceptors (Lipinski definition) is 2. The maximum absolute atomic E-state index is 4.44. The van der Waals surface area contributed by atoms with E-state index in [4.69, 9.17) is 0 Å². The van der Waals surface area contributed by atoms with Crippen LogP contribution >= 0.6 is 0 Å². The fourth-order valence-electron chi connectivity index (χ4n) is 1.38. The molecule has 14 heavy (non-hydrogen) atoms. The number of nitrogens with zero attached hydrogens (tertiary/aromatic N) is 2. The Balaban J connectivity index is 2.63. The van der Waals surface area contributed by atoms with Crippen molar-refractivity contribution in [2.24, 2.45) is 0 Å². The van der Waals surface area contributed by atoms with Crippen molar-refractivity contribution in [2.45, 2.75) is 26.2 Å². The maximum atomic E-state index is 4.44. The van der Waals surface area contributed by atoms with Gasteiger partial charge in [0.25, 0.3) is 0 Å². The minimum Gasteiger partial charge on any atom is -0.260 e. The molecule has 0 atom stereocenters. The lowest BCUT2D eigenvalue weighted by Gasteiger charge is -2.17. The first-order chi connectivity index (χ1) is 6.57. The van der Waals surface area contributed by atoms with Crippen molar-refractivity contribution < 1.29 is 0 Å². The van der Waals surface area contributed by atoms with E-state index in [1.807, 2.05) is 24.5 Å². The van der Waals surface area contributed by atoms with Gasteiger partial charge in [-0.25, -0.2) is 0 Å². The fourth-order valence-corrected chi connectivity index (χ4v) is 1.38. The van der Waals surface area contributed by atoms with Crippen LogP contribution in [0.2, 0.25) is 0 Å². The van der Waals surface area contributed by atoms with E-state index in [1.54, 1.807) is 0 Å². The Morgan fingerprint density at radius 3 is 2.64 bits per heavy atom. The van der Waals surface area contributed by atoms with Crippen LogP contribution in [0, 0.1) is 0 Å². The highest BCUT2D eigenvalue weighted by Crippen LogP contribution is 2.22. The van der Waals surface area contributed by atoms with E-state index in [-0.39, 0.29) is 5.41 Å². The van der Waals surface area contributed by atoms with Crippen molar-refractivity contribution in [2.75, 3.05) is 0 Å². The first-order valence-electron chi connectivity index (χ1n) is 4.78. The molecule has 0 saturated carbocycles. The molecule has 0 unspecified atom stereocenters. The van der Waals surface area contributed by atoms with Gasteiger partial charge in [0.1, 0.15) is 0 Å². The van der Waals surface area contributed by atoms with Gasteiger partial charge in [-0.05, 0) is 18.2 Å². The molecule has 0 amide bonds. The zero-order valence-corrected chi connectivity index (χ0v) is 8.78. The van der Waals surface area contributed by atoms with E-state index in [1.165, 1.54) is 0 Å². The molecule has 0 aliphatic heterocycles. The molecule has 72 valence electrons. The lowest BCUT2D eigenvalue weighted by molar-refractivity contribution is 0.570. The average Bonchev–Trinajstić information content (AvgIpc) is 2.16. The molecule has 0 aliphatic rings. The Morgan fingerprint density at radius 2 is 1.93 bits per heavy atom.